The van der Waals surface area contributed by atoms with Crippen LogP contribution in [0, 0.1) is 10.1 Å². The summed E-state index contributed by atoms with van der Waals surface area (Å²) in [6, 6.07) is 8.94. The minimum Gasteiger partial charge on any atom is -0.365 e. The maximum absolute atomic E-state index is 10.8. The van der Waals surface area contributed by atoms with E-state index in [2.05, 4.69) is 11.4 Å². The number of non-ortho nitro benzene ring substituents is 1. The third-order valence-electron chi connectivity index (χ3n) is 4.77. The Kier molecular flexibility index (Phi) is 3.47. The van der Waals surface area contributed by atoms with E-state index in [0.717, 1.165) is 12.0 Å². The highest BCUT2D eigenvalue weighted by Gasteiger charge is 2.38. The van der Waals surface area contributed by atoms with Crippen LogP contribution in [0.3, 0.4) is 0 Å². The number of nitro benzene ring substituents is 1. The summed E-state index contributed by atoms with van der Waals surface area (Å²) in [5, 5.41) is 13.0. The van der Waals surface area contributed by atoms with E-state index in [-0.39, 0.29) is 16.7 Å². The molecule has 4 rings (SSSR count). The Bertz CT molecular complexity index is 694. The van der Waals surface area contributed by atoms with Crippen molar-refractivity contribution in [3.8, 4) is 0 Å². The van der Waals surface area contributed by atoms with Crippen molar-refractivity contribution in [1.82, 2.24) is 0 Å². The van der Waals surface area contributed by atoms with Gasteiger partial charge in [0.1, 0.15) is 6.10 Å². The summed E-state index contributed by atoms with van der Waals surface area (Å²) in [7, 11) is 0. The molecular weight excluding hydrogens is 298 g/mol. The number of nitrogens with zero attached hydrogens (tertiary/aromatic N) is 1. The van der Waals surface area contributed by atoms with Gasteiger partial charge in [-0.3, -0.25) is 10.1 Å². The summed E-state index contributed by atoms with van der Waals surface area (Å²) in [6.07, 6.45) is 5.05. The molecule has 1 aliphatic carbocycles. The average molecular weight is 315 g/mol. The molecule has 0 unspecified atom stereocenters. The molecule has 1 aromatic heterocycles. The van der Waals surface area contributed by atoms with Gasteiger partial charge in [0, 0.05) is 22.9 Å². The second kappa shape index (κ2) is 5.48. The zero-order valence-electron chi connectivity index (χ0n) is 12.1. The van der Waals surface area contributed by atoms with Crippen LogP contribution in [-0.4, -0.2) is 11.0 Å². The quantitative estimate of drug-likeness (QED) is 0.590. The van der Waals surface area contributed by atoms with Gasteiger partial charge >= 0.3 is 0 Å². The largest absolute Gasteiger partial charge is 0.365 e. The van der Waals surface area contributed by atoms with Crippen LogP contribution in [-0.2, 0) is 4.74 Å². The maximum Gasteiger partial charge on any atom is 0.269 e. The highest BCUT2D eigenvalue weighted by Crippen LogP contribution is 2.48. The van der Waals surface area contributed by atoms with Crippen molar-refractivity contribution < 1.29 is 9.66 Å². The van der Waals surface area contributed by atoms with Crippen LogP contribution in [0.5, 0.6) is 0 Å². The third kappa shape index (κ3) is 2.25. The normalized spacial score (nSPS) is 27.0. The van der Waals surface area contributed by atoms with E-state index in [1.54, 1.807) is 12.1 Å². The van der Waals surface area contributed by atoms with Gasteiger partial charge in [-0.15, -0.1) is 11.3 Å². The van der Waals surface area contributed by atoms with Crippen molar-refractivity contribution in [3.05, 3.63) is 61.8 Å². The van der Waals surface area contributed by atoms with Crippen molar-refractivity contribution in [2.24, 2.45) is 0 Å². The molecule has 4 nitrogen and oxygen atoms in total. The number of thiophene rings is 1. The minimum atomic E-state index is -0.362. The molecule has 0 spiro atoms. The first kappa shape index (κ1) is 13.9. The molecule has 1 aliphatic heterocycles. The second-order valence-electron chi connectivity index (χ2n) is 6.03. The van der Waals surface area contributed by atoms with Gasteiger partial charge in [0.15, 0.2) is 0 Å². The molecule has 1 aromatic carbocycles. The van der Waals surface area contributed by atoms with Gasteiger partial charge in [-0.25, -0.2) is 0 Å². The van der Waals surface area contributed by atoms with E-state index in [0.29, 0.717) is 12.0 Å². The molecule has 0 amide bonds. The molecule has 2 heterocycles. The van der Waals surface area contributed by atoms with Crippen LogP contribution in [0.15, 0.2) is 35.7 Å². The SMILES string of the molecule is O=[N+]([O-])c1ccc([C@@H]2O[C@H]3CCCC[C@@H]3c3sccc32)cc1. The first-order chi connectivity index (χ1) is 10.7. The van der Waals surface area contributed by atoms with E-state index >= 15 is 0 Å². The Labute approximate surface area is 132 Å². The standard InChI is InChI=1S/C17H17NO3S/c19-18(20)12-7-5-11(6-8-12)16-14-9-10-22-17(14)13-3-1-2-4-15(13)21-16/h5-10,13,15-16H,1-4H2/t13-,15-,16-/m0/s1. The highest BCUT2D eigenvalue weighted by molar-refractivity contribution is 7.10. The van der Waals surface area contributed by atoms with Gasteiger partial charge in [-0.05, 0) is 47.5 Å². The van der Waals surface area contributed by atoms with E-state index in [1.165, 1.54) is 29.7 Å². The topological polar surface area (TPSA) is 52.4 Å². The number of ether oxygens (including phenoxy) is 1. The van der Waals surface area contributed by atoms with Crippen molar-refractivity contribution in [2.75, 3.05) is 0 Å². The van der Waals surface area contributed by atoms with Crippen molar-refractivity contribution in [1.29, 1.82) is 0 Å². The third-order valence-corrected chi connectivity index (χ3v) is 5.83. The second-order valence-corrected chi connectivity index (χ2v) is 6.98. The number of hydrogen-bond acceptors (Lipinski definition) is 4. The molecule has 2 aliphatic rings. The Morgan fingerprint density at radius 3 is 2.68 bits per heavy atom. The first-order valence-corrected chi connectivity index (χ1v) is 8.59. The summed E-state index contributed by atoms with van der Waals surface area (Å²) in [6.45, 7) is 0. The monoisotopic (exact) mass is 315 g/mol. The van der Waals surface area contributed by atoms with Crippen molar-refractivity contribution in [2.45, 2.75) is 43.8 Å². The van der Waals surface area contributed by atoms with Gasteiger partial charge in [-0.2, -0.15) is 0 Å². The summed E-state index contributed by atoms with van der Waals surface area (Å²) in [5.41, 5.74) is 2.39. The van der Waals surface area contributed by atoms with Crippen LogP contribution < -0.4 is 0 Å². The smallest absolute Gasteiger partial charge is 0.269 e. The van der Waals surface area contributed by atoms with E-state index in [9.17, 15) is 10.1 Å². The summed E-state index contributed by atoms with van der Waals surface area (Å²) in [5.74, 6) is 0.540. The van der Waals surface area contributed by atoms with Gasteiger partial charge in [0.2, 0.25) is 0 Å². The van der Waals surface area contributed by atoms with Gasteiger partial charge < -0.3 is 4.74 Å². The van der Waals surface area contributed by atoms with Crippen LogP contribution >= 0.6 is 11.3 Å². The Morgan fingerprint density at radius 1 is 1.14 bits per heavy atom. The Hall–Kier alpha value is -1.72. The van der Waals surface area contributed by atoms with Crippen LogP contribution in [0.1, 0.15) is 53.7 Å². The fourth-order valence-corrected chi connectivity index (χ4v) is 4.80. The lowest BCUT2D eigenvalue weighted by Gasteiger charge is -2.39. The molecule has 3 atom stereocenters. The number of fused-ring (bicyclic) bond motifs is 3. The van der Waals surface area contributed by atoms with Crippen LogP contribution in [0.25, 0.3) is 0 Å². The van der Waals surface area contributed by atoms with Crippen LogP contribution in [0.4, 0.5) is 5.69 Å². The van der Waals surface area contributed by atoms with Gasteiger partial charge in [-0.1, -0.05) is 12.8 Å². The molecule has 0 saturated heterocycles. The van der Waals surface area contributed by atoms with Crippen LogP contribution in [0.2, 0.25) is 0 Å². The minimum absolute atomic E-state index is 0.0820. The number of benzene rings is 1. The predicted molar refractivity (Wildman–Crippen MR) is 85.3 cm³/mol. The lowest BCUT2D eigenvalue weighted by Crippen LogP contribution is -2.32. The Balaban J connectivity index is 1.71. The van der Waals surface area contributed by atoms with E-state index in [4.69, 9.17) is 4.74 Å². The summed E-state index contributed by atoms with van der Waals surface area (Å²) < 4.78 is 6.40. The lowest BCUT2D eigenvalue weighted by atomic mass is 9.80. The molecular formula is C17H17NO3S. The van der Waals surface area contributed by atoms with Crippen molar-refractivity contribution >= 4 is 17.0 Å². The fourth-order valence-electron chi connectivity index (χ4n) is 3.69. The molecule has 1 fully saturated rings. The predicted octanol–water partition coefficient (Wildman–Crippen LogP) is 4.80. The lowest BCUT2D eigenvalue weighted by molar-refractivity contribution is -0.384. The molecule has 0 bridgehead atoms. The molecule has 0 N–H and O–H groups in total. The number of hydrogen-bond donors (Lipinski definition) is 0. The first-order valence-electron chi connectivity index (χ1n) is 7.71. The maximum atomic E-state index is 10.8. The molecule has 1 saturated carbocycles. The van der Waals surface area contributed by atoms with Crippen molar-refractivity contribution in [3.63, 3.8) is 0 Å². The number of rotatable bonds is 2. The summed E-state index contributed by atoms with van der Waals surface area (Å²) in [4.78, 5) is 11.9. The molecule has 22 heavy (non-hydrogen) atoms. The van der Waals surface area contributed by atoms with Gasteiger partial charge in [0.05, 0.1) is 11.0 Å². The average Bonchev–Trinajstić information content (AvgIpc) is 3.04. The zero-order valence-corrected chi connectivity index (χ0v) is 12.9. The molecule has 2 aromatic rings. The number of nitro groups is 1. The molecule has 114 valence electrons. The van der Waals surface area contributed by atoms with E-state index in [1.807, 2.05) is 23.5 Å². The highest BCUT2D eigenvalue weighted by atomic mass is 32.1. The summed E-state index contributed by atoms with van der Waals surface area (Å²) >= 11 is 1.83. The van der Waals surface area contributed by atoms with E-state index < -0.39 is 0 Å². The molecule has 5 heteroatoms. The van der Waals surface area contributed by atoms with Gasteiger partial charge in [0.25, 0.3) is 5.69 Å². The fraction of sp³-hybridized carbons (Fsp3) is 0.412. The zero-order chi connectivity index (χ0) is 15.1. The molecule has 0 radical (unpaired) electrons. The Morgan fingerprint density at radius 2 is 1.91 bits per heavy atom.